The fourth-order valence-corrected chi connectivity index (χ4v) is 3.67. The van der Waals surface area contributed by atoms with Gasteiger partial charge in [0.05, 0.1) is 26.3 Å². The summed E-state index contributed by atoms with van der Waals surface area (Å²) in [6.45, 7) is 8.43. The third-order valence-corrected chi connectivity index (χ3v) is 5.25. The van der Waals surface area contributed by atoms with Crippen LogP contribution in [0.15, 0.2) is 24.3 Å². The Morgan fingerprint density at radius 2 is 1.74 bits per heavy atom. The molecule has 0 radical (unpaired) electrons. The first kappa shape index (κ1) is 16.5. The van der Waals surface area contributed by atoms with Gasteiger partial charge in [-0.15, -0.1) is 0 Å². The average Bonchev–Trinajstić information content (AvgIpc) is 2.63. The second-order valence-electron chi connectivity index (χ2n) is 6.81. The number of piperidine rings is 1. The maximum Gasteiger partial charge on any atom is 0.226 e. The van der Waals surface area contributed by atoms with Crippen molar-refractivity contribution in [1.29, 1.82) is 0 Å². The summed E-state index contributed by atoms with van der Waals surface area (Å²) >= 11 is 0. The van der Waals surface area contributed by atoms with Gasteiger partial charge < -0.3 is 14.5 Å². The number of ether oxygens (including phenoxy) is 1. The molecule has 1 N–H and O–H groups in total. The van der Waals surface area contributed by atoms with E-state index < -0.39 is 0 Å². The van der Waals surface area contributed by atoms with E-state index in [1.807, 2.05) is 4.90 Å². The number of amides is 1. The number of aryl methyl sites for hydroxylation is 1. The molecule has 1 aromatic rings. The Labute approximate surface area is 139 Å². The standard InChI is InChI=1S/C19H28N2O2/c1-2-16-3-5-17(6-4-16)15-20-9-7-18(8-10-20)19(22)21-11-13-23-14-12-21/h3-6,18H,2,7-15H2,1H3/p+1. The number of hydrogen-bond donors (Lipinski definition) is 1. The fourth-order valence-electron chi connectivity index (χ4n) is 3.67. The number of rotatable bonds is 4. The summed E-state index contributed by atoms with van der Waals surface area (Å²) in [4.78, 5) is 16.2. The molecule has 23 heavy (non-hydrogen) atoms. The molecule has 3 rings (SSSR count). The Hall–Kier alpha value is -1.39. The molecule has 2 fully saturated rings. The van der Waals surface area contributed by atoms with Crippen molar-refractivity contribution in [1.82, 2.24) is 4.90 Å². The van der Waals surface area contributed by atoms with Crippen molar-refractivity contribution in [3.8, 4) is 0 Å². The molecule has 4 heteroatoms. The SMILES string of the molecule is CCc1ccc(C[NH+]2CCC(C(=O)N3CCOCC3)CC2)cc1. The van der Waals surface area contributed by atoms with E-state index in [0.717, 1.165) is 52.0 Å². The maximum atomic E-state index is 12.5. The summed E-state index contributed by atoms with van der Waals surface area (Å²) in [5.74, 6) is 0.596. The molecule has 1 amide bonds. The van der Waals surface area contributed by atoms with E-state index in [9.17, 15) is 4.79 Å². The van der Waals surface area contributed by atoms with Gasteiger partial charge in [0.25, 0.3) is 0 Å². The minimum atomic E-state index is 0.235. The third-order valence-electron chi connectivity index (χ3n) is 5.25. The number of carbonyl (C=O) groups is 1. The van der Waals surface area contributed by atoms with E-state index in [1.54, 1.807) is 4.90 Å². The summed E-state index contributed by atoms with van der Waals surface area (Å²) in [6.07, 6.45) is 3.15. The second-order valence-corrected chi connectivity index (χ2v) is 6.81. The molecule has 0 bridgehead atoms. The molecule has 0 aromatic heterocycles. The van der Waals surface area contributed by atoms with Gasteiger partial charge in [0.15, 0.2) is 0 Å². The number of nitrogens with zero attached hydrogens (tertiary/aromatic N) is 1. The van der Waals surface area contributed by atoms with Crippen molar-refractivity contribution in [3.05, 3.63) is 35.4 Å². The summed E-state index contributed by atoms with van der Waals surface area (Å²) in [5, 5.41) is 0. The van der Waals surface area contributed by atoms with Gasteiger partial charge in [0, 0.05) is 37.4 Å². The van der Waals surface area contributed by atoms with Crippen LogP contribution in [-0.2, 0) is 22.5 Å². The number of hydrogen-bond acceptors (Lipinski definition) is 2. The highest BCUT2D eigenvalue weighted by Crippen LogP contribution is 2.15. The fraction of sp³-hybridized carbons (Fsp3) is 0.632. The van der Waals surface area contributed by atoms with Gasteiger partial charge >= 0.3 is 0 Å². The molecular formula is C19H29N2O2+. The van der Waals surface area contributed by atoms with E-state index in [2.05, 4.69) is 31.2 Å². The molecule has 2 heterocycles. The molecule has 0 atom stereocenters. The van der Waals surface area contributed by atoms with Crippen molar-refractivity contribution in [2.75, 3.05) is 39.4 Å². The summed E-state index contributed by atoms with van der Waals surface area (Å²) in [5.41, 5.74) is 2.81. The van der Waals surface area contributed by atoms with Gasteiger partial charge in [-0.3, -0.25) is 4.79 Å². The van der Waals surface area contributed by atoms with E-state index in [1.165, 1.54) is 11.1 Å². The first-order valence-corrected chi connectivity index (χ1v) is 9.04. The van der Waals surface area contributed by atoms with Crippen LogP contribution < -0.4 is 4.90 Å². The van der Waals surface area contributed by atoms with E-state index >= 15 is 0 Å². The highest BCUT2D eigenvalue weighted by atomic mass is 16.5. The first-order chi connectivity index (χ1) is 11.3. The third kappa shape index (κ3) is 4.33. The lowest BCUT2D eigenvalue weighted by Gasteiger charge is -2.34. The van der Waals surface area contributed by atoms with Crippen LogP contribution in [0.2, 0.25) is 0 Å². The van der Waals surface area contributed by atoms with E-state index in [-0.39, 0.29) is 5.92 Å². The largest absolute Gasteiger partial charge is 0.378 e. The van der Waals surface area contributed by atoms with Crippen molar-refractivity contribution in [3.63, 3.8) is 0 Å². The summed E-state index contributed by atoms with van der Waals surface area (Å²) < 4.78 is 5.34. The van der Waals surface area contributed by atoms with E-state index in [0.29, 0.717) is 19.1 Å². The quantitative estimate of drug-likeness (QED) is 0.895. The number of quaternary nitrogens is 1. The summed E-state index contributed by atoms with van der Waals surface area (Å²) in [7, 11) is 0. The lowest BCUT2D eigenvalue weighted by atomic mass is 9.94. The predicted molar refractivity (Wildman–Crippen MR) is 90.3 cm³/mol. The van der Waals surface area contributed by atoms with Crippen LogP contribution in [0.1, 0.15) is 30.9 Å². The number of benzene rings is 1. The van der Waals surface area contributed by atoms with Gasteiger partial charge in [-0.05, 0) is 12.0 Å². The monoisotopic (exact) mass is 317 g/mol. The van der Waals surface area contributed by atoms with Crippen molar-refractivity contribution in [2.24, 2.45) is 5.92 Å². The lowest BCUT2D eigenvalue weighted by molar-refractivity contribution is -0.919. The van der Waals surface area contributed by atoms with Crippen molar-refractivity contribution in [2.45, 2.75) is 32.7 Å². The number of nitrogens with one attached hydrogen (secondary N) is 1. The zero-order valence-corrected chi connectivity index (χ0v) is 14.2. The van der Waals surface area contributed by atoms with Gasteiger partial charge in [-0.2, -0.15) is 0 Å². The molecule has 4 nitrogen and oxygen atoms in total. The second kappa shape index (κ2) is 7.93. The number of morpholine rings is 1. The van der Waals surface area contributed by atoms with Crippen LogP contribution in [0.5, 0.6) is 0 Å². The van der Waals surface area contributed by atoms with Crippen LogP contribution in [0, 0.1) is 5.92 Å². The van der Waals surface area contributed by atoms with Gasteiger partial charge in [0.2, 0.25) is 5.91 Å². The smallest absolute Gasteiger partial charge is 0.226 e. The van der Waals surface area contributed by atoms with Crippen LogP contribution in [-0.4, -0.2) is 50.2 Å². The minimum Gasteiger partial charge on any atom is -0.378 e. The molecule has 0 spiro atoms. The van der Waals surface area contributed by atoms with Crippen LogP contribution in [0.3, 0.4) is 0 Å². The molecule has 0 unspecified atom stereocenters. The minimum absolute atomic E-state index is 0.235. The Kier molecular flexibility index (Phi) is 5.68. The molecule has 126 valence electrons. The highest BCUT2D eigenvalue weighted by molar-refractivity contribution is 5.79. The Bertz CT molecular complexity index is 501. The van der Waals surface area contributed by atoms with Gasteiger partial charge in [-0.25, -0.2) is 0 Å². The summed E-state index contributed by atoms with van der Waals surface area (Å²) in [6, 6.07) is 9.00. The van der Waals surface area contributed by atoms with Crippen molar-refractivity contribution < 1.29 is 14.4 Å². The van der Waals surface area contributed by atoms with E-state index in [4.69, 9.17) is 4.74 Å². The molecular weight excluding hydrogens is 288 g/mol. The molecule has 2 aliphatic rings. The Balaban J connectivity index is 1.46. The topological polar surface area (TPSA) is 34.0 Å². The maximum absolute atomic E-state index is 12.5. The first-order valence-electron chi connectivity index (χ1n) is 9.04. The number of likely N-dealkylation sites (tertiary alicyclic amines) is 1. The van der Waals surface area contributed by atoms with Crippen molar-refractivity contribution >= 4 is 5.91 Å². The molecule has 0 aliphatic carbocycles. The van der Waals surface area contributed by atoms with Gasteiger partial charge in [-0.1, -0.05) is 31.2 Å². The molecule has 2 aliphatic heterocycles. The average molecular weight is 317 g/mol. The predicted octanol–water partition coefficient (Wildman–Crippen LogP) is 0.903. The zero-order valence-electron chi connectivity index (χ0n) is 14.2. The van der Waals surface area contributed by atoms with Crippen LogP contribution >= 0.6 is 0 Å². The molecule has 2 saturated heterocycles. The normalized spacial score (nSPS) is 25.3. The van der Waals surface area contributed by atoms with Crippen LogP contribution in [0.25, 0.3) is 0 Å². The number of carbonyl (C=O) groups excluding carboxylic acids is 1. The highest BCUT2D eigenvalue weighted by Gasteiger charge is 2.31. The Morgan fingerprint density at radius 3 is 2.35 bits per heavy atom. The molecule has 0 saturated carbocycles. The van der Waals surface area contributed by atoms with Gasteiger partial charge in [0.1, 0.15) is 6.54 Å². The Morgan fingerprint density at radius 1 is 1.13 bits per heavy atom. The molecule has 1 aromatic carbocycles. The van der Waals surface area contributed by atoms with Crippen LogP contribution in [0.4, 0.5) is 0 Å². The zero-order chi connectivity index (χ0) is 16.1. The lowest BCUT2D eigenvalue weighted by Crippen LogP contribution is -3.11.